The third-order valence-electron chi connectivity index (χ3n) is 3.85. The third-order valence-corrected chi connectivity index (χ3v) is 4.21. The Morgan fingerprint density at radius 1 is 1.00 bits per heavy atom. The highest BCUT2D eigenvalue weighted by molar-refractivity contribution is 6.50. The van der Waals surface area contributed by atoms with Gasteiger partial charge >= 0.3 is 6.18 Å². The molecule has 2 aromatic carbocycles. The molecule has 3 rings (SSSR count). The summed E-state index contributed by atoms with van der Waals surface area (Å²) in [5.74, 6) is -1.94. The molecule has 138 valence electrons. The Balaban J connectivity index is 2.14. The minimum atomic E-state index is -4.73. The van der Waals surface area contributed by atoms with E-state index in [1.165, 1.54) is 18.2 Å². The second-order valence-electron chi connectivity index (χ2n) is 5.47. The van der Waals surface area contributed by atoms with Gasteiger partial charge in [0.1, 0.15) is 16.3 Å². The monoisotopic (exact) mass is 396 g/mol. The van der Waals surface area contributed by atoms with Crippen molar-refractivity contribution in [2.75, 3.05) is 5.32 Å². The van der Waals surface area contributed by atoms with E-state index >= 15 is 0 Å². The number of carbonyl (C=O) groups excluding carboxylic acids is 2. The number of nitro groups is 1. The Hall–Kier alpha value is -3.20. The van der Waals surface area contributed by atoms with Crippen LogP contribution in [0.1, 0.15) is 26.3 Å². The number of benzene rings is 2. The third kappa shape index (κ3) is 3.17. The highest BCUT2D eigenvalue weighted by Crippen LogP contribution is 2.38. The van der Waals surface area contributed by atoms with Gasteiger partial charge in [-0.3, -0.25) is 19.7 Å². The lowest BCUT2D eigenvalue weighted by Gasteiger charge is -2.20. The number of nitro benzene ring substituents is 1. The number of alkyl halides is 3. The number of rotatable bonds is 3. The van der Waals surface area contributed by atoms with E-state index in [0.717, 1.165) is 24.3 Å². The molecule has 0 aromatic heterocycles. The fourth-order valence-corrected chi connectivity index (χ4v) is 2.90. The minimum absolute atomic E-state index is 0.283. The van der Waals surface area contributed by atoms with Crippen LogP contribution in [-0.4, -0.2) is 16.5 Å². The van der Waals surface area contributed by atoms with E-state index in [1.54, 1.807) is 0 Å². The van der Waals surface area contributed by atoms with Crippen molar-refractivity contribution in [2.24, 2.45) is 0 Å². The normalized spacial score (nSPS) is 14.2. The summed E-state index contributed by atoms with van der Waals surface area (Å²) in [5, 5.41) is 12.8. The molecule has 0 aliphatic heterocycles. The number of hydrogen-bond acceptors (Lipinski definition) is 5. The molecule has 0 spiro atoms. The first-order valence-electron chi connectivity index (χ1n) is 7.32. The zero-order valence-corrected chi connectivity index (χ0v) is 13.9. The van der Waals surface area contributed by atoms with Gasteiger partial charge in [-0.15, -0.1) is 0 Å². The van der Waals surface area contributed by atoms with Crippen molar-refractivity contribution in [3.05, 3.63) is 80.0 Å². The average Bonchev–Trinajstić information content (AvgIpc) is 2.62. The lowest BCUT2D eigenvalue weighted by molar-refractivity contribution is -0.385. The van der Waals surface area contributed by atoms with Gasteiger partial charge in [0.05, 0.1) is 16.2 Å². The van der Waals surface area contributed by atoms with Gasteiger partial charge in [0, 0.05) is 11.6 Å². The van der Waals surface area contributed by atoms with Crippen LogP contribution in [0.2, 0.25) is 0 Å². The summed E-state index contributed by atoms with van der Waals surface area (Å²) < 4.78 is 39.5. The van der Waals surface area contributed by atoms with Crippen LogP contribution in [0.5, 0.6) is 0 Å². The second-order valence-corrected chi connectivity index (χ2v) is 5.85. The molecule has 0 radical (unpaired) electrons. The lowest BCUT2D eigenvalue weighted by Crippen LogP contribution is -2.26. The number of allylic oxidation sites excluding steroid dienone is 2. The van der Waals surface area contributed by atoms with E-state index in [1.807, 2.05) is 0 Å². The molecule has 1 aliphatic rings. The molecule has 6 nitrogen and oxygen atoms in total. The molecular weight excluding hydrogens is 389 g/mol. The van der Waals surface area contributed by atoms with Crippen LogP contribution in [0.4, 0.5) is 24.5 Å². The molecule has 0 unspecified atom stereocenters. The summed E-state index contributed by atoms with van der Waals surface area (Å²) in [6.07, 6.45) is -4.73. The SMILES string of the molecule is O=C1C(Cl)=C(Nc2ccccc2C(F)(F)F)C(=O)c2c1cccc2[N+](=O)[O-]. The van der Waals surface area contributed by atoms with Crippen molar-refractivity contribution in [1.82, 2.24) is 0 Å². The van der Waals surface area contributed by atoms with Crippen LogP contribution in [0.3, 0.4) is 0 Å². The van der Waals surface area contributed by atoms with Crippen molar-refractivity contribution < 1.29 is 27.7 Å². The molecule has 0 atom stereocenters. The number of para-hydroxylation sites is 1. The van der Waals surface area contributed by atoms with Crippen molar-refractivity contribution in [3.8, 4) is 0 Å². The van der Waals surface area contributed by atoms with Crippen LogP contribution < -0.4 is 5.32 Å². The zero-order chi connectivity index (χ0) is 19.9. The van der Waals surface area contributed by atoms with Crippen molar-refractivity contribution in [1.29, 1.82) is 0 Å². The molecule has 0 fully saturated rings. The van der Waals surface area contributed by atoms with Gasteiger partial charge in [-0.05, 0) is 18.2 Å². The quantitative estimate of drug-likeness (QED) is 0.607. The number of halogens is 4. The fourth-order valence-electron chi connectivity index (χ4n) is 2.66. The number of Topliss-reactive ketones (excluding diaryl/α,β-unsaturated/α-hetero) is 2. The molecule has 0 amide bonds. The van der Waals surface area contributed by atoms with E-state index in [0.29, 0.717) is 0 Å². The summed E-state index contributed by atoms with van der Waals surface area (Å²) in [5.41, 5.74) is -3.70. The van der Waals surface area contributed by atoms with Crippen LogP contribution >= 0.6 is 11.6 Å². The Morgan fingerprint density at radius 3 is 2.30 bits per heavy atom. The number of nitrogens with one attached hydrogen (secondary N) is 1. The predicted molar refractivity (Wildman–Crippen MR) is 89.7 cm³/mol. The van der Waals surface area contributed by atoms with Gasteiger partial charge < -0.3 is 5.32 Å². The number of anilines is 1. The molecule has 2 aromatic rings. The minimum Gasteiger partial charge on any atom is -0.350 e. The maximum absolute atomic E-state index is 13.2. The average molecular weight is 397 g/mol. The van der Waals surface area contributed by atoms with Crippen LogP contribution in [0, 0.1) is 10.1 Å². The number of nitrogens with zero attached hydrogens (tertiary/aromatic N) is 1. The fraction of sp³-hybridized carbons (Fsp3) is 0.0588. The maximum Gasteiger partial charge on any atom is 0.418 e. The molecule has 0 saturated carbocycles. The van der Waals surface area contributed by atoms with Gasteiger partial charge in [-0.2, -0.15) is 13.2 Å². The van der Waals surface area contributed by atoms with Gasteiger partial charge in [0.2, 0.25) is 11.6 Å². The smallest absolute Gasteiger partial charge is 0.350 e. The molecule has 0 bridgehead atoms. The van der Waals surface area contributed by atoms with E-state index in [4.69, 9.17) is 11.6 Å². The van der Waals surface area contributed by atoms with E-state index in [-0.39, 0.29) is 5.56 Å². The highest BCUT2D eigenvalue weighted by atomic mass is 35.5. The van der Waals surface area contributed by atoms with Crippen molar-refractivity contribution in [3.63, 3.8) is 0 Å². The summed E-state index contributed by atoms with van der Waals surface area (Å²) >= 11 is 5.90. The van der Waals surface area contributed by atoms with Gasteiger partial charge in [-0.25, -0.2) is 0 Å². The van der Waals surface area contributed by atoms with E-state index in [9.17, 15) is 32.9 Å². The van der Waals surface area contributed by atoms with E-state index < -0.39 is 55.9 Å². The van der Waals surface area contributed by atoms with Crippen LogP contribution in [0.15, 0.2) is 53.2 Å². The van der Waals surface area contributed by atoms with Crippen molar-refractivity contribution in [2.45, 2.75) is 6.18 Å². The number of carbonyl (C=O) groups is 2. The highest BCUT2D eigenvalue weighted by Gasteiger charge is 2.39. The maximum atomic E-state index is 13.2. The standard InChI is InChI=1S/C17H8ClF3N2O4/c18-13-14(22-10-6-2-1-5-9(10)17(19,20)21)16(25)12-8(15(13)24)4-3-7-11(12)23(26)27/h1-7,22H. The Bertz CT molecular complexity index is 1030. The summed E-state index contributed by atoms with van der Waals surface area (Å²) in [6.45, 7) is 0. The first-order valence-corrected chi connectivity index (χ1v) is 7.70. The second kappa shape index (κ2) is 6.51. The molecular formula is C17H8ClF3N2O4. The molecule has 10 heteroatoms. The zero-order valence-electron chi connectivity index (χ0n) is 13.1. The first-order chi connectivity index (χ1) is 12.6. The number of hydrogen-bond donors (Lipinski definition) is 1. The molecule has 1 aliphatic carbocycles. The first kappa shape index (κ1) is 18.6. The molecule has 0 saturated heterocycles. The summed E-state index contributed by atoms with van der Waals surface area (Å²) in [6, 6.07) is 7.68. The van der Waals surface area contributed by atoms with Gasteiger partial charge in [0.25, 0.3) is 5.69 Å². The van der Waals surface area contributed by atoms with Crippen LogP contribution in [-0.2, 0) is 6.18 Å². The Morgan fingerprint density at radius 2 is 1.67 bits per heavy atom. The van der Waals surface area contributed by atoms with E-state index in [2.05, 4.69) is 5.32 Å². The number of ketones is 2. The Kier molecular flexibility index (Phi) is 4.48. The largest absolute Gasteiger partial charge is 0.418 e. The van der Waals surface area contributed by atoms with Crippen LogP contribution in [0.25, 0.3) is 0 Å². The summed E-state index contributed by atoms with van der Waals surface area (Å²) in [7, 11) is 0. The number of fused-ring (bicyclic) bond motifs is 1. The van der Waals surface area contributed by atoms with Crippen molar-refractivity contribution >= 4 is 34.5 Å². The topological polar surface area (TPSA) is 89.3 Å². The Labute approximate surface area is 154 Å². The van der Waals surface area contributed by atoms with Gasteiger partial charge in [-0.1, -0.05) is 29.8 Å². The molecule has 1 N–H and O–H groups in total. The molecule has 27 heavy (non-hydrogen) atoms. The predicted octanol–water partition coefficient (Wildman–Crippen LogP) is 4.56. The van der Waals surface area contributed by atoms with Gasteiger partial charge in [0.15, 0.2) is 0 Å². The lowest BCUT2D eigenvalue weighted by atomic mass is 9.90. The summed E-state index contributed by atoms with van der Waals surface area (Å²) in [4.78, 5) is 35.4. The molecule has 0 heterocycles.